The number of methoxy groups -OCH3 is 1. The molecule has 0 radical (unpaired) electrons. The van der Waals surface area contributed by atoms with Gasteiger partial charge in [-0.3, -0.25) is 4.79 Å². The molecular weight excluding hydrogens is 395 g/mol. The molecule has 116 valence electrons. The summed E-state index contributed by atoms with van der Waals surface area (Å²) >= 11 is 1.65. The van der Waals surface area contributed by atoms with E-state index in [1.54, 1.807) is 22.6 Å². The fraction of sp³-hybridized carbons (Fsp3) is 0.235. The van der Waals surface area contributed by atoms with Crippen molar-refractivity contribution in [2.75, 3.05) is 7.11 Å². The van der Waals surface area contributed by atoms with Gasteiger partial charge in [-0.05, 0) is 23.6 Å². The molecule has 0 saturated heterocycles. The quantitative estimate of drug-likeness (QED) is 0.573. The van der Waals surface area contributed by atoms with Crippen LogP contribution in [0.3, 0.4) is 0 Å². The molecule has 2 rings (SSSR count). The number of phenols is 1. The number of phenolic OH excluding ortho intramolecular Hbond substituents is 1. The largest absolute Gasteiger partial charge is 0.504 e. The second-order valence-corrected chi connectivity index (χ2v) is 5.74. The van der Waals surface area contributed by atoms with E-state index in [1.807, 2.05) is 12.1 Å². The van der Waals surface area contributed by atoms with Crippen molar-refractivity contribution >= 4 is 26.4 Å². The lowest BCUT2D eigenvalue weighted by atomic mass is 10.1. The van der Waals surface area contributed by atoms with Gasteiger partial charge in [0.25, 0.3) is 0 Å². The molecule has 0 unspecified atom stereocenters. The highest BCUT2D eigenvalue weighted by Gasteiger charge is 2.15. The lowest BCUT2D eigenvalue weighted by Gasteiger charge is -2.12. The number of hydrogen-bond donors (Lipinski definition) is 1. The van der Waals surface area contributed by atoms with Crippen molar-refractivity contribution in [3.05, 3.63) is 53.1 Å². The van der Waals surface area contributed by atoms with Crippen LogP contribution in [0.5, 0.6) is 17.2 Å². The van der Waals surface area contributed by atoms with Crippen molar-refractivity contribution in [2.24, 2.45) is 0 Å². The summed E-state index contributed by atoms with van der Waals surface area (Å²) in [6.45, 7) is 2.43. The van der Waals surface area contributed by atoms with Crippen molar-refractivity contribution in [3.8, 4) is 17.2 Å². The summed E-state index contributed by atoms with van der Waals surface area (Å²) in [5.41, 5.74) is 2.57. The minimum atomic E-state index is -0.202. The average molecular weight is 412 g/mol. The van der Waals surface area contributed by atoms with Gasteiger partial charge >= 0.3 is 0 Å². The predicted octanol–water partition coefficient (Wildman–Crippen LogP) is 4.12. The maximum atomic E-state index is 11.5. The van der Waals surface area contributed by atoms with Crippen LogP contribution in [-0.2, 0) is 13.0 Å². The third-order valence-corrected chi connectivity index (χ3v) is 3.87. The Kier molecular flexibility index (Phi) is 5.65. The molecule has 0 aromatic heterocycles. The molecule has 22 heavy (non-hydrogen) atoms. The lowest BCUT2D eigenvalue weighted by molar-refractivity contribution is 0.110. The molecule has 0 fully saturated rings. The Morgan fingerprint density at radius 1 is 1.18 bits per heavy atom. The van der Waals surface area contributed by atoms with Gasteiger partial charge in [0.05, 0.1) is 12.7 Å². The molecule has 0 aliphatic carbocycles. The summed E-state index contributed by atoms with van der Waals surface area (Å²) < 4.78 is 10.6. The van der Waals surface area contributed by atoms with Crippen molar-refractivity contribution in [1.82, 2.24) is 0 Å². The molecule has 5 heteroatoms. The molecule has 0 bridgehead atoms. The number of halogens is 1. The first kappa shape index (κ1) is 16.6. The average Bonchev–Trinajstić information content (AvgIpc) is 2.53. The predicted molar refractivity (Wildman–Crippen MR) is 93.2 cm³/mol. The zero-order valence-electron chi connectivity index (χ0n) is 12.4. The molecule has 0 heterocycles. The van der Waals surface area contributed by atoms with Gasteiger partial charge in [0.1, 0.15) is 12.4 Å². The Hall–Kier alpha value is -1.76. The van der Waals surface area contributed by atoms with Gasteiger partial charge in [0, 0.05) is 28.7 Å². The Balaban J connectivity index is 2.20. The minimum Gasteiger partial charge on any atom is -0.504 e. The number of aryl methyl sites for hydroxylation is 1. The summed E-state index contributed by atoms with van der Waals surface area (Å²) in [7, 11) is 1.48. The fourth-order valence-corrected chi connectivity index (χ4v) is 2.51. The SMILES string of the molecule is CCc1cccc(COc2cc(OC)c(C(=O)I)cc2O)c1. The van der Waals surface area contributed by atoms with Crippen molar-refractivity contribution in [1.29, 1.82) is 0 Å². The second-order valence-electron chi connectivity index (χ2n) is 4.76. The number of aromatic hydroxyl groups is 1. The van der Waals surface area contributed by atoms with Gasteiger partial charge in [-0.15, -0.1) is 0 Å². The highest BCUT2D eigenvalue weighted by molar-refractivity contribution is 14.1. The summed E-state index contributed by atoms with van der Waals surface area (Å²) in [5.74, 6) is 0.599. The Morgan fingerprint density at radius 3 is 2.55 bits per heavy atom. The number of carbonyl (C=O) groups is 1. The van der Waals surface area contributed by atoms with E-state index >= 15 is 0 Å². The normalized spacial score (nSPS) is 10.3. The van der Waals surface area contributed by atoms with Gasteiger partial charge in [0.2, 0.25) is 3.79 Å². The van der Waals surface area contributed by atoms with Crippen LogP contribution in [0.15, 0.2) is 36.4 Å². The third-order valence-electron chi connectivity index (χ3n) is 3.29. The van der Waals surface area contributed by atoms with E-state index in [0.29, 0.717) is 23.7 Å². The molecule has 0 amide bonds. The maximum absolute atomic E-state index is 11.5. The number of rotatable bonds is 6. The van der Waals surface area contributed by atoms with E-state index < -0.39 is 0 Å². The van der Waals surface area contributed by atoms with Gasteiger partial charge in [-0.2, -0.15) is 0 Å². The van der Waals surface area contributed by atoms with Crippen LogP contribution in [0.4, 0.5) is 0 Å². The van der Waals surface area contributed by atoms with Crippen LogP contribution < -0.4 is 9.47 Å². The number of carbonyl (C=O) groups excluding carboxylic acids is 1. The van der Waals surface area contributed by atoms with E-state index in [9.17, 15) is 9.90 Å². The third kappa shape index (κ3) is 3.91. The second kappa shape index (κ2) is 7.49. The Bertz CT molecular complexity index is 682. The molecule has 0 spiro atoms. The standard InChI is InChI=1S/C17H17IO4/c1-3-11-5-4-6-12(7-11)10-22-16-9-15(21-2)13(17(18)20)8-14(16)19/h4-9,19H,3,10H2,1-2H3. The summed E-state index contributed by atoms with van der Waals surface area (Å²) in [6, 6.07) is 11.0. The van der Waals surface area contributed by atoms with Crippen LogP contribution in [0.1, 0.15) is 28.4 Å². The lowest BCUT2D eigenvalue weighted by Crippen LogP contribution is -2.00. The number of ether oxygens (including phenoxy) is 2. The molecule has 0 aliphatic rings. The van der Waals surface area contributed by atoms with Crippen molar-refractivity contribution in [2.45, 2.75) is 20.0 Å². The summed E-state index contributed by atoms with van der Waals surface area (Å²) in [4.78, 5) is 11.5. The Labute approximate surface area is 143 Å². The number of hydrogen-bond acceptors (Lipinski definition) is 4. The molecule has 0 saturated carbocycles. The first-order valence-electron chi connectivity index (χ1n) is 6.86. The van der Waals surface area contributed by atoms with Gasteiger partial charge in [-0.1, -0.05) is 31.2 Å². The van der Waals surface area contributed by atoms with Crippen LogP contribution in [-0.4, -0.2) is 16.0 Å². The van der Waals surface area contributed by atoms with E-state index in [1.165, 1.54) is 24.8 Å². The van der Waals surface area contributed by atoms with Gasteiger partial charge in [-0.25, -0.2) is 0 Å². The van der Waals surface area contributed by atoms with Crippen molar-refractivity contribution < 1.29 is 19.4 Å². The summed E-state index contributed by atoms with van der Waals surface area (Å²) in [6.07, 6.45) is 0.958. The van der Waals surface area contributed by atoms with Crippen LogP contribution >= 0.6 is 22.6 Å². The van der Waals surface area contributed by atoms with Crippen LogP contribution in [0.25, 0.3) is 0 Å². The van der Waals surface area contributed by atoms with E-state index in [4.69, 9.17) is 9.47 Å². The van der Waals surface area contributed by atoms with Crippen LogP contribution in [0.2, 0.25) is 0 Å². The highest BCUT2D eigenvalue weighted by atomic mass is 127. The molecule has 0 aliphatic heterocycles. The molecule has 2 aromatic rings. The van der Waals surface area contributed by atoms with Gasteiger partial charge < -0.3 is 14.6 Å². The fourth-order valence-electron chi connectivity index (χ4n) is 2.09. The monoisotopic (exact) mass is 412 g/mol. The zero-order valence-corrected chi connectivity index (χ0v) is 14.6. The molecule has 4 nitrogen and oxygen atoms in total. The van der Waals surface area contributed by atoms with E-state index in [2.05, 4.69) is 19.1 Å². The Morgan fingerprint density at radius 2 is 1.91 bits per heavy atom. The van der Waals surface area contributed by atoms with Gasteiger partial charge in [0.15, 0.2) is 11.5 Å². The smallest absolute Gasteiger partial charge is 0.226 e. The van der Waals surface area contributed by atoms with Crippen LogP contribution in [0, 0.1) is 0 Å². The molecule has 0 atom stereocenters. The van der Waals surface area contributed by atoms with E-state index in [-0.39, 0.29) is 9.54 Å². The minimum absolute atomic E-state index is 0.0764. The maximum Gasteiger partial charge on any atom is 0.226 e. The molecular formula is C17H17IO4. The summed E-state index contributed by atoms with van der Waals surface area (Å²) in [5, 5.41) is 10.0. The zero-order chi connectivity index (χ0) is 16.1. The molecule has 1 N–H and O–H groups in total. The van der Waals surface area contributed by atoms with Crippen molar-refractivity contribution in [3.63, 3.8) is 0 Å². The first-order chi connectivity index (χ1) is 10.5. The first-order valence-corrected chi connectivity index (χ1v) is 7.94. The topological polar surface area (TPSA) is 55.8 Å². The highest BCUT2D eigenvalue weighted by Crippen LogP contribution is 2.35. The number of benzene rings is 2. The molecule has 2 aromatic carbocycles. The van der Waals surface area contributed by atoms with E-state index in [0.717, 1.165) is 12.0 Å².